The first-order valence-electron chi connectivity index (χ1n) is 4.01. The van der Waals surface area contributed by atoms with Gasteiger partial charge < -0.3 is 0 Å². The van der Waals surface area contributed by atoms with Crippen LogP contribution in [0, 0.1) is 0 Å². The van der Waals surface area contributed by atoms with Crippen molar-refractivity contribution in [3.05, 3.63) is 21.9 Å². The predicted molar refractivity (Wildman–Crippen MR) is 53.7 cm³/mol. The van der Waals surface area contributed by atoms with Crippen LogP contribution in [0.1, 0.15) is 29.1 Å². The minimum atomic E-state index is -3.58. The van der Waals surface area contributed by atoms with E-state index in [2.05, 4.69) is 0 Å². The first kappa shape index (κ1) is 9.67. The van der Waals surface area contributed by atoms with Gasteiger partial charge in [0.2, 0.25) is 10.0 Å². The molecular formula is C8H9NO3S2. The highest BCUT2D eigenvalue weighted by Gasteiger charge is 2.45. The van der Waals surface area contributed by atoms with Gasteiger partial charge in [0, 0.05) is 4.88 Å². The Bertz CT molecular complexity index is 498. The molecule has 1 aromatic heterocycles. The Labute approximate surface area is 86.0 Å². The fourth-order valence-electron chi connectivity index (χ4n) is 1.38. The van der Waals surface area contributed by atoms with Crippen molar-refractivity contribution in [2.24, 2.45) is 0 Å². The summed E-state index contributed by atoms with van der Waals surface area (Å²) in [5.41, 5.74) is 0.467. The summed E-state index contributed by atoms with van der Waals surface area (Å²) >= 11 is 1.30. The van der Waals surface area contributed by atoms with Crippen LogP contribution in [0.4, 0.5) is 0 Å². The van der Waals surface area contributed by atoms with Crippen molar-refractivity contribution in [1.29, 1.82) is 0 Å². The van der Waals surface area contributed by atoms with Gasteiger partial charge in [-0.1, -0.05) is 0 Å². The number of amides is 1. The molecule has 1 N–H and O–H groups in total. The molecular weight excluding hydrogens is 222 g/mol. The summed E-state index contributed by atoms with van der Waals surface area (Å²) in [7, 11) is -3.58. The summed E-state index contributed by atoms with van der Waals surface area (Å²) in [5.74, 6) is -0.527. The molecule has 0 fully saturated rings. The van der Waals surface area contributed by atoms with Gasteiger partial charge in [0.05, 0.1) is 5.56 Å². The van der Waals surface area contributed by atoms with Crippen molar-refractivity contribution in [3.63, 3.8) is 0 Å². The fraction of sp³-hybridized carbons (Fsp3) is 0.375. The molecule has 0 aromatic carbocycles. The Morgan fingerprint density at radius 3 is 2.71 bits per heavy atom. The molecule has 6 heteroatoms. The predicted octanol–water partition coefficient (Wildman–Crippen LogP) is 1.06. The van der Waals surface area contributed by atoms with Gasteiger partial charge in [0.15, 0.2) is 0 Å². The maximum Gasteiger partial charge on any atom is 0.265 e. The largest absolute Gasteiger partial charge is 0.268 e. The zero-order valence-corrected chi connectivity index (χ0v) is 9.33. The number of nitrogens with one attached hydrogen (secondary N) is 1. The number of carbonyl (C=O) groups is 1. The fourth-order valence-corrected chi connectivity index (χ4v) is 3.73. The zero-order chi connectivity index (χ0) is 10.6. The number of hydrogen-bond donors (Lipinski definition) is 1. The molecule has 76 valence electrons. The summed E-state index contributed by atoms with van der Waals surface area (Å²) in [6.07, 6.45) is 0. The Kier molecular flexibility index (Phi) is 1.78. The van der Waals surface area contributed by atoms with Gasteiger partial charge in [-0.2, -0.15) is 0 Å². The average Bonchev–Trinajstić information content (AvgIpc) is 2.48. The highest BCUT2D eigenvalue weighted by atomic mass is 32.2. The summed E-state index contributed by atoms with van der Waals surface area (Å²) in [5, 5.41) is 1.73. The highest BCUT2D eigenvalue weighted by molar-refractivity contribution is 7.91. The van der Waals surface area contributed by atoms with Gasteiger partial charge in [0.25, 0.3) is 5.91 Å². The van der Waals surface area contributed by atoms with Crippen molar-refractivity contribution >= 4 is 27.3 Å². The monoisotopic (exact) mass is 231 g/mol. The normalized spacial score (nSPS) is 22.6. The Morgan fingerprint density at radius 2 is 2.07 bits per heavy atom. The van der Waals surface area contributed by atoms with Crippen LogP contribution in [0.15, 0.2) is 11.4 Å². The smallest absolute Gasteiger partial charge is 0.265 e. The second-order valence-corrected chi connectivity index (χ2v) is 6.76. The van der Waals surface area contributed by atoms with E-state index < -0.39 is 20.7 Å². The molecule has 0 radical (unpaired) electrons. The third-order valence-corrected chi connectivity index (χ3v) is 5.72. The maximum absolute atomic E-state index is 11.6. The molecule has 1 aromatic rings. The van der Waals surface area contributed by atoms with Crippen molar-refractivity contribution in [1.82, 2.24) is 4.72 Å². The minimum Gasteiger partial charge on any atom is -0.268 e. The summed E-state index contributed by atoms with van der Waals surface area (Å²) < 4.78 is 24.3. The van der Waals surface area contributed by atoms with E-state index in [-0.39, 0.29) is 0 Å². The summed E-state index contributed by atoms with van der Waals surface area (Å²) in [6.45, 7) is 3.19. The van der Waals surface area contributed by atoms with Gasteiger partial charge in [-0.05, 0) is 25.3 Å². The van der Waals surface area contributed by atoms with Crippen LogP contribution in [-0.2, 0) is 14.8 Å². The first-order chi connectivity index (χ1) is 6.36. The quantitative estimate of drug-likeness (QED) is 0.726. The van der Waals surface area contributed by atoms with Crippen LogP contribution < -0.4 is 4.72 Å². The van der Waals surface area contributed by atoms with Gasteiger partial charge in [-0.25, -0.2) is 13.1 Å². The van der Waals surface area contributed by atoms with Gasteiger partial charge >= 0.3 is 0 Å². The van der Waals surface area contributed by atoms with Crippen LogP contribution in [0.5, 0.6) is 0 Å². The molecule has 1 aliphatic heterocycles. The molecule has 14 heavy (non-hydrogen) atoms. The zero-order valence-electron chi connectivity index (χ0n) is 7.70. The SMILES string of the molecule is CC1(C)c2sccc2C(=O)NS1(=O)=O. The molecule has 0 unspecified atom stereocenters. The van der Waals surface area contributed by atoms with E-state index in [4.69, 9.17) is 0 Å². The van der Waals surface area contributed by atoms with Gasteiger partial charge in [-0.3, -0.25) is 4.79 Å². The molecule has 1 amide bonds. The standard InChI is InChI=1S/C8H9NO3S2/c1-8(2)6-5(3-4-13-6)7(10)9-14(8,11)12/h3-4H,1-2H3,(H,9,10). The lowest BCUT2D eigenvalue weighted by Crippen LogP contribution is -2.47. The van der Waals surface area contributed by atoms with Crippen LogP contribution in [0.2, 0.25) is 0 Å². The van der Waals surface area contributed by atoms with Crippen LogP contribution in [0.3, 0.4) is 0 Å². The molecule has 4 nitrogen and oxygen atoms in total. The Hall–Kier alpha value is -0.880. The van der Waals surface area contributed by atoms with Crippen molar-refractivity contribution in [3.8, 4) is 0 Å². The lowest BCUT2D eigenvalue weighted by Gasteiger charge is -2.29. The van der Waals surface area contributed by atoms with Crippen LogP contribution in [0.25, 0.3) is 0 Å². The number of fused-ring (bicyclic) bond motifs is 1. The number of hydrogen-bond acceptors (Lipinski definition) is 4. The van der Waals surface area contributed by atoms with Gasteiger partial charge in [-0.15, -0.1) is 11.3 Å². The lowest BCUT2D eigenvalue weighted by atomic mass is 10.1. The van der Waals surface area contributed by atoms with E-state index in [1.54, 1.807) is 25.3 Å². The lowest BCUT2D eigenvalue weighted by molar-refractivity contribution is 0.0976. The van der Waals surface area contributed by atoms with E-state index >= 15 is 0 Å². The average molecular weight is 231 g/mol. The highest BCUT2D eigenvalue weighted by Crippen LogP contribution is 2.38. The third-order valence-electron chi connectivity index (χ3n) is 2.36. The molecule has 0 spiro atoms. The molecule has 0 aliphatic carbocycles. The molecule has 0 saturated carbocycles. The topological polar surface area (TPSA) is 63.2 Å². The van der Waals surface area contributed by atoms with Crippen molar-refractivity contribution < 1.29 is 13.2 Å². The number of sulfonamides is 1. The Morgan fingerprint density at radius 1 is 1.43 bits per heavy atom. The van der Waals surface area contributed by atoms with Crippen molar-refractivity contribution in [2.75, 3.05) is 0 Å². The number of rotatable bonds is 0. The molecule has 2 heterocycles. The van der Waals surface area contributed by atoms with E-state index in [1.165, 1.54) is 11.3 Å². The maximum atomic E-state index is 11.6. The molecule has 0 atom stereocenters. The second-order valence-electron chi connectivity index (χ2n) is 3.61. The Balaban J connectivity index is 2.77. The third kappa shape index (κ3) is 1.04. The minimum absolute atomic E-state index is 0.467. The molecule has 0 saturated heterocycles. The van der Waals surface area contributed by atoms with E-state index in [0.29, 0.717) is 10.4 Å². The van der Waals surface area contributed by atoms with Gasteiger partial charge in [0.1, 0.15) is 4.75 Å². The number of carbonyl (C=O) groups excluding carboxylic acids is 1. The van der Waals surface area contributed by atoms with Crippen LogP contribution in [-0.4, -0.2) is 14.3 Å². The first-order valence-corrected chi connectivity index (χ1v) is 6.37. The van der Waals surface area contributed by atoms with Crippen LogP contribution >= 0.6 is 11.3 Å². The molecule has 0 bridgehead atoms. The van der Waals surface area contributed by atoms with E-state index in [0.717, 1.165) is 0 Å². The molecule has 2 rings (SSSR count). The van der Waals surface area contributed by atoms with Crippen molar-refractivity contribution in [2.45, 2.75) is 18.6 Å². The molecule has 1 aliphatic rings. The summed E-state index contributed by atoms with van der Waals surface area (Å²) in [6, 6.07) is 1.64. The summed E-state index contributed by atoms with van der Waals surface area (Å²) in [4.78, 5) is 12.0. The number of thiophene rings is 1. The second kappa shape index (κ2) is 2.58. The van der Waals surface area contributed by atoms with E-state index in [1.807, 2.05) is 4.72 Å². The van der Waals surface area contributed by atoms with E-state index in [9.17, 15) is 13.2 Å².